The molecule has 4 aliphatic heterocycles. The number of methoxy groups -OCH3 is 2. The molecule has 12 heteroatoms. The van der Waals surface area contributed by atoms with Gasteiger partial charge in [0, 0.05) is 63.9 Å². The molecule has 0 bridgehead atoms. The molecule has 8 unspecified atom stereocenters. The normalized spacial score (nSPS) is 41.5. The fraction of sp³-hybridized carbons (Fsp3) is 0.920. The maximum atomic E-state index is 11.1. The van der Waals surface area contributed by atoms with Crippen molar-refractivity contribution in [3.63, 3.8) is 0 Å². The Balaban J connectivity index is 1.29. The summed E-state index contributed by atoms with van der Waals surface area (Å²) in [6.45, 7) is 29.1. The molecular formula is C50H88O12. The number of hydrogen-bond donors (Lipinski definition) is 3. The molecule has 5 aliphatic rings. The Labute approximate surface area is 375 Å². The van der Waals surface area contributed by atoms with E-state index in [-0.39, 0.29) is 52.7 Å². The average Bonchev–Trinajstić information content (AvgIpc) is 3.63. The van der Waals surface area contributed by atoms with Gasteiger partial charge >= 0.3 is 0 Å². The second-order valence-corrected chi connectivity index (χ2v) is 21.7. The second-order valence-electron chi connectivity index (χ2n) is 21.7. The first-order chi connectivity index (χ1) is 29.0. The third-order valence-electron chi connectivity index (χ3n) is 15.9. The van der Waals surface area contributed by atoms with Crippen LogP contribution in [0.15, 0.2) is 23.3 Å². The molecule has 0 radical (unpaired) electrons. The highest BCUT2D eigenvalue weighted by Gasteiger charge is 2.58. The Hall–Kier alpha value is -1.00. The summed E-state index contributed by atoms with van der Waals surface area (Å²) in [6.07, 6.45) is 6.34. The van der Waals surface area contributed by atoms with E-state index in [0.29, 0.717) is 51.4 Å². The van der Waals surface area contributed by atoms with Crippen molar-refractivity contribution in [2.24, 2.45) is 28.1 Å². The molecule has 5 rings (SSSR count). The average molecular weight is 881 g/mol. The maximum Gasteiger partial charge on any atom is 0.171 e. The predicted molar refractivity (Wildman–Crippen MR) is 240 cm³/mol. The molecule has 4 heterocycles. The van der Waals surface area contributed by atoms with Gasteiger partial charge in [0.2, 0.25) is 0 Å². The zero-order valence-electron chi connectivity index (χ0n) is 41.2. The molecule has 0 amide bonds. The van der Waals surface area contributed by atoms with Gasteiger partial charge in [-0.2, -0.15) is 0 Å². The molecule has 0 aromatic rings. The molecule has 0 aromatic heterocycles. The first-order valence-corrected chi connectivity index (χ1v) is 24.0. The monoisotopic (exact) mass is 881 g/mol. The van der Waals surface area contributed by atoms with E-state index in [1.165, 1.54) is 0 Å². The van der Waals surface area contributed by atoms with Gasteiger partial charge in [-0.25, -0.2) is 0 Å². The molecule has 62 heavy (non-hydrogen) atoms. The summed E-state index contributed by atoms with van der Waals surface area (Å²) in [6, 6.07) is 0. The summed E-state index contributed by atoms with van der Waals surface area (Å²) in [4.78, 5) is 0. The van der Waals surface area contributed by atoms with Crippen LogP contribution in [0.2, 0.25) is 0 Å². The SMILES string of the molecule is CCC(C)(C)[C@@H]1O[C@]2(CCC1C)CC(OCC1(C)C=C(C)C(O)C3OCC[C@@]31C)CC(C/C=C(\C)C(OCC[C@H](OC)[C@H](OC1(C)C[C@H](OC)[C@H](O)[C@H](C)O1)[C@H](C)O)C(C)C)O2. The largest absolute Gasteiger partial charge is 0.391 e. The molecule has 4 saturated heterocycles. The lowest BCUT2D eigenvalue weighted by Crippen LogP contribution is -2.57. The van der Waals surface area contributed by atoms with Gasteiger partial charge in [0.25, 0.3) is 0 Å². The second kappa shape index (κ2) is 20.9. The number of aliphatic hydroxyl groups is 3. The number of hydrogen-bond acceptors (Lipinski definition) is 12. The van der Waals surface area contributed by atoms with Crippen LogP contribution >= 0.6 is 0 Å². The lowest BCUT2D eigenvalue weighted by atomic mass is 9.57. The number of ether oxygens (including phenoxy) is 9. The van der Waals surface area contributed by atoms with E-state index < -0.39 is 54.3 Å². The molecule has 3 N–H and O–H groups in total. The van der Waals surface area contributed by atoms with Gasteiger partial charge in [0.1, 0.15) is 18.3 Å². The lowest BCUT2D eigenvalue weighted by Gasteiger charge is -2.54. The number of rotatable bonds is 19. The minimum Gasteiger partial charge on any atom is -0.391 e. The highest BCUT2D eigenvalue weighted by molar-refractivity contribution is 5.26. The molecule has 0 saturated carbocycles. The molecule has 4 fully saturated rings. The highest BCUT2D eigenvalue weighted by atomic mass is 16.7. The summed E-state index contributed by atoms with van der Waals surface area (Å²) >= 11 is 0. The first-order valence-electron chi connectivity index (χ1n) is 24.0. The van der Waals surface area contributed by atoms with E-state index >= 15 is 0 Å². The van der Waals surface area contributed by atoms with Gasteiger partial charge in [-0.1, -0.05) is 67.5 Å². The van der Waals surface area contributed by atoms with Crippen LogP contribution in [0.3, 0.4) is 0 Å². The van der Waals surface area contributed by atoms with Crippen molar-refractivity contribution >= 4 is 0 Å². The van der Waals surface area contributed by atoms with Gasteiger partial charge in [0.05, 0.1) is 61.5 Å². The van der Waals surface area contributed by atoms with Gasteiger partial charge in [-0.3, -0.25) is 0 Å². The standard InChI is InChI=1S/C50H88O12/c1-16-46(9,10)44-32(5)19-21-50(62-44)27-37(58-29-47(11)26-33(6)40(52)45-48(47,12)22-24-57-45)25-36(60-50)18-17-31(4)42(30(2)3)56-23-20-38(54-14)43(34(7)51)61-49(13)28-39(55-15)41(53)35(8)59-49/h17,26,30,32,34-45,51-53H,16,18-25,27-29H2,1-15H3/b31-17+/t32?,34-,35-,36?,37?,38-,39-,40?,41+,42?,43+,44+,45?,47?,48-,49?,50+/m0/s1. The van der Waals surface area contributed by atoms with Gasteiger partial charge < -0.3 is 58.0 Å². The number of fused-ring (bicyclic) bond motifs is 1. The van der Waals surface area contributed by atoms with Gasteiger partial charge in [0.15, 0.2) is 11.6 Å². The molecular weight excluding hydrogens is 793 g/mol. The summed E-state index contributed by atoms with van der Waals surface area (Å²) < 4.78 is 58.2. The first kappa shape index (κ1) is 52.0. The summed E-state index contributed by atoms with van der Waals surface area (Å²) in [5.74, 6) is -1.19. The van der Waals surface area contributed by atoms with Crippen molar-refractivity contribution < 1.29 is 58.0 Å². The van der Waals surface area contributed by atoms with Gasteiger partial charge in [-0.05, 0) is 95.1 Å². The number of aliphatic hydroxyl groups excluding tert-OH is 3. The molecule has 1 aliphatic carbocycles. The zero-order valence-corrected chi connectivity index (χ0v) is 41.2. The van der Waals surface area contributed by atoms with E-state index in [2.05, 4.69) is 74.5 Å². The van der Waals surface area contributed by atoms with Crippen molar-refractivity contribution in [3.8, 4) is 0 Å². The minimum atomic E-state index is -1.09. The summed E-state index contributed by atoms with van der Waals surface area (Å²) in [7, 11) is 3.19. The fourth-order valence-electron chi connectivity index (χ4n) is 11.4. The Bertz CT molecular complexity index is 1500. The minimum absolute atomic E-state index is 0.00261. The van der Waals surface area contributed by atoms with E-state index in [4.69, 9.17) is 42.6 Å². The third kappa shape index (κ3) is 11.4. The van der Waals surface area contributed by atoms with Crippen molar-refractivity contribution in [2.45, 2.75) is 233 Å². The third-order valence-corrected chi connectivity index (χ3v) is 15.9. The topological polar surface area (TPSA) is 144 Å². The van der Waals surface area contributed by atoms with E-state index in [9.17, 15) is 15.3 Å². The maximum absolute atomic E-state index is 11.1. The Kier molecular flexibility index (Phi) is 17.5. The fourth-order valence-corrected chi connectivity index (χ4v) is 11.4. The van der Waals surface area contributed by atoms with Crippen LogP contribution in [-0.4, -0.2) is 134 Å². The van der Waals surface area contributed by atoms with Crippen LogP contribution in [0, 0.1) is 28.1 Å². The van der Waals surface area contributed by atoms with Gasteiger partial charge in [-0.15, -0.1) is 0 Å². The van der Waals surface area contributed by atoms with Crippen molar-refractivity contribution in [1.29, 1.82) is 0 Å². The van der Waals surface area contributed by atoms with E-state index in [0.717, 1.165) is 43.3 Å². The van der Waals surface area contributed by atoms with Crippen LogP contribution in [-0.2, 0) is 42.6 Å². The van der Waals surface area contributed by atoms with E-state index in [1.807, 2.05) is 13.8 Å². The Morgan fingerprint density at radius 3 is 2.37 bits per heavy atom. The molecule has 0 aromatic carbocycles. The Morgan fingerprint density at radius 2 is 1.74 bits per heavy atom. The van der Waals surface area contributed by atoms with Crippen LogP contribution in [0.4, 0.5) is 0 Å². The van der Waals surface area contributed by atoms with Crippen LogP contribution in [0.1, 0.15) is 148 Å². The molecule has 360 valence electrons. The van der Waals surface area contributed by atoms with Crippen LogP contribution in [0.5, 0.6) is 0 Å². The lowest BCUT2D eigenvalue weighted by molar-refractivity contribution is -0.350. The summed E-state index contributed by atoms with van der Waals surface area (Å²) in [5.41, 5.74) is 1.55. The molecule has 17 atom stereocenters. The summed E-state index contributed by atoms with van der Waals surface area (Å²) in [5, 5.41) is 32.5. The quantitative estimate of drug-likeness (QED) is 0.108. The molecule has 12 nitrogen and oxygen atoms in total. The predicted octanol–water partition coefficient (Wildman–Crippen LogP) is 8.07. The Morgan fingerprint density at radius 1 is 1.03 bits per heavy atom. The zero-order chi connectivity index (χ0) is 46.0. The molecule has 1 spiro atoms. The highest BCUT2D eigenvalue weighted by Crippen LogP contribution is 2.56. The van der Waals surface area contributed by atoms with Crippen LogP contribution < -0.4 is 0 Å². The van der Waals surface area contributed by atoms with E-state index in [1.54, 1.807) is 28.1 Å². The smallest absolute Gasteiger partial charge is 0.171 e. The van der Waals surface area contributed by atoms with Crippen LogP contribution in [0.25, 0.3) is 0 Å². The van der Waals surface area contributed by atoms with Crippen molar-refractivity contribution in [2.75, 3.05) is 34.0 Å². The van der Waals surface area contributed by atoms with Crippen molar-refractivity contribution in [3.05, 3.63) is 23.3 Å². The van der Waals surface area contributed by atoms with Crippen molar-refractivity contribution in [1.82, 2.24) is 0 Å².